The lowest BCUT2D eigenvalue weighted by Crippen LogP contribution is -2.14. The minimum atomic E-state index is -0.553. The molecule has 3 N–H and O–H groups in total. The van der Waals surface area contributed by atoms with Gasteiger partial charge in [0.05, 0.1) is 6.61 Å². The molecule has 0 aliphatic carbocycles. The van der Waals surface area contributed by atoms with Crippen LogP contribution in [0.15, 0.2) is 4.52 Å². The summed E-state index contributed by atoms with van der Waals surface area (Å²) >= 11 is 0. The Morgan fingerprint density at radius 1 is 1.67 bits per heavy atom. The minimum absolute atomic E-state index is 0.173. The summed E-state index contributed by atoms with van der Waals surface area (Å²) in [5, 5.41) is 12.4. The van der Waals surface area contributed by atoms with E-state index >= 15 is 0 Å². The molecule has 1 aromatic rings. The van der Waals surface area contributed by atoms with Crippen molar-refractivity contribution in [3.05, 3.63) is 11.7 Å². The van der Waals surface area contributed by atoms with Crippen LogP contribution in [0.25, 0.3) is 0 Å². The van der Waals surface area contributed by atoms with Crippen LogP contribution in [-0.2, 0) is 6.42 Å². The number of aryl methyl sites for hydroxylation is 1. The van der Waals surface area contributed by atoms with Crippen molar-refractivity contribution in [1.29, 1.82) is 0 Å². The number of hydrogen-bond donors (Lipinski definition) is 2. The van der Waals surface area contributed by atoms with E-state index in [0.29, 0.717) is 11.7 Å². The molecule has 0 spiro atoms. The molecule has 5 nitrogen and oxygen atoms in total. The summed E-state index contributed by atoms with van der Waals surface area (Å²) in [6, 6.07) is -0.553. The Balaban J connectivity index is 2.63. The van der Waals surface area contributed by atoms with E-state index in [1.165, 1.54) is 0 Å². The van der Waals surface area contributed by atoms with Gasteiger partial charge in [0.1, 0.15) is 6.04 Å². The number of rotatable bonds is 4. The molecule has 12 heavy (non-hydrogen) atoms. The van der Waals surface area contributed by atoms with Crippen LogP contribution in [0.2, 0.25) is 0 Å². The largest absolute Gasteiger partial charge is 0.394 e. The average molecular weight is 171 g/mol. The number of aliphatic hydroxyl groups excluding tert-OH is 1. The Labute approximate surface area is 70.6 Å². The maximum Gasteiger partial charge on any atom is 0.245 e. The maximum absolute atomic E-state index is 8.67. The highest BCUT2D eigenvalue weighted by Gasteiger charge is 2.12. The van der Waals surface area contributed by atoms with Gasteiger partial charge in [0.15, 0.2) is 5.82 Å². The number of aliphatic hydroxyl groups is 1. The molecule has 0 aliphatic heterocycles. The molecule has 0 radical (unpaired) electrons. The van der Waals surface area contributed by atoms with E-state index in [-0.39, 0.29) is 6.61 Å². The zero-order chi connectivity index (χ0) is 8.97. The van der Waals surface area contributed by atoms with Crippen LogP contribution in [0.5, 0.6) is 0 Å². The van der Waals surface area contributed by atoms with Gasteiger partial charge in [-0.05, 0) is 6.42 Å². The van der Waals surface area contributed by atoms with E-state index in [9.17, 15) is 0 Å². The van der Waals surface area contributed by atoms with Gasteiger partial charge in [0.25, 0.3) is 0 Å². The highest BCUT2D eigenvalue weighted by Crippen LogP contribution is 2.07. The molecule has 1 heterocycles. The first-order valence-corrected chi connectivity index (χ1v) is 3.96. The zero-order valence-electron chi connectivity index (χ0n) is 7.03. The van der Waals surface area contributed by atoms with Crippen LogP contribution >= 0.6 is 0 Å². The van der Waals surface area contributed by atoms with Gasteiger partial charge in [0.2, 0.25) is 5.89 Å². The lowest BCUT2D eigenvalue weighted by molar-refractivity contribution is 0.236. The van der Waals surface area contributed by atoms with Crippen molar-refractivity contribution in [2.45, 2.75) is 25.8 Å². The summed E-state index contributed by atoms with van der Waals surface area (Å²) in [6.07, 6.45) is 1.75. The molecule has 0 saturated heterocycles. The van der Waals surface area contributed by atoms with Crippen molar-refractivity contribution < 1.29 is 9.63 Å². The van der Waals surface area contributed by atoms with E-state index < -0.39 is 6.04 Å². The summed E-state index contributed by atoms with van der Waals surface area (Å²) in [5.74, 6) is 0.956. The van der Waals surface area contributed by atoms with Crippen molar-refractivity contribution in [3.8, 4) is 0 Å². The summed E-state index contributed by atoms with van der Waals surface area (Å²) in [4.78, 5) is 4.01. The maximum atomic E-state index is 8.67. The highest BCUT2D eigenvalue weighted by molar-refractivity contribution is 4.91. The van der Waals surface area contributed by atoms with E-state index in [2.05, 4.69) is 10.1 Å². The second-order valence-electron chi connectivity index (χ2n) is 2.59. The van der Waals surface area contributed by atoms with Crippen molar-refractivity contribution in [1.82, 2.24) is 10.1 Å². The SMILES string of the molecule is CCCc1noc([C@H](N)CO)n1. The lowest BCUT2D eigenvalue weighted by atomic mass is 10.3. The number of nitrogens with zero attached hydrogens (tertiary/aromatic N) is 2. The molecule has 1 aromatic heterocycles. The van der Waals surface area contributed by atoms with Crippen molar-refractivity contribution in [2.75, 3.05) is 6.61 Å². The van der Waals surface area contributed by atoms with Crippen LogP contribution in [0, 0.1) is 0 Å². The third-order valence-corrected chi connectivity index (χ3v) is 1.47. The Hall–Kier alpha value is -0.940. The van der Waals surface area contributed by atoms with Crippen LogP contribution in [0.4, 0.5) is 0 Å². The third-order valence-electron chi connectivity index (χ3n) is 1.47. The molecule has 1 atom stereocenters. The first-order valence-electron chi connectivity index (χ1n) is 3.96. The second-order valence-corrected chi connectivity index (χ2v) is 2.59. The molecule has 1 rings (SSSR count). The Kier molecular flexibility index (Phi) is 3.19. The van der Waals surface area contributed by atoms with Crippen LogP contribution in [-0.4, -0.2) is 21.9 Å². The van der Waals surface area contributed by atoms with Gasteiger partial charge >= 0.3 is 0 Å². The Morgan fingerprint density at radius 2 is 2.42 bits per heavy atom. The van der Waals surface area contributed by atoms with Crippen LogP contribution in [0.1, 0.15) is 31.1 Å². The molecule has 0 bridgehead atoms. The van der Waals surface area contributed by atoms with Gasteiger partial charge in [-0.3, -0.25) is 0 Å². The Morgan fingerprint density at radius 3 is 3.00 bits per heavy atom. The van der Waals surface area contributed by atoms with E-state index in [4.69, 9.17) is 15.4 Å². The molecule has 0 unspecified atom stereocenters. The first-order chi connectivity index (χ1) is 5.77. The van der Waals surface area contributed by atoms with Gasteiger partial charge in [-0.15, -0.1) is 0 Å². The van der Waals surface area contributed by atoms with E-state index in [0.717, 1.165) is 12.8 Å². The topological polar surface area (TPSA) is 85.2 Å². The number of hydrogen-bond acceptors (Lipinski definition) is 5. The van der Waals surface area contributed by atoms with Crippen molar-refractivity contribution in [3.63, 3.8) is 0 Å². The summed E-state index contributed by atoms with van der Waals surface area (Å²) in [7, 11) is 0. The fourth-order valence-corrected chi connectivity index (χ4v) is 0.821. The molecule has 0 aromatic carbocycles. The first kappa shape index (κ1) is 9.15. The second kappa shape index (κ2) is 4.18. The molecular weight excluding hydrogens is 158 g/mol. The summed E-state index contributed by atoms with van der Waals surface area (Å²) < 4.78 is 4.82. The van der Waals surface area contributed by atoms with Gasteiger partial charge in [0, 0.05) is 6.42 Å². The number of nitrogens with two attached hydrogens (primary N) is 1. The smallest absolute Gasteiger partial charge is 0.245 e. The van der Waals surface area contributed by atoms with Crippen molar-refractivity contribution >= 4 is 0 Å². The van der Waals surface area contributed by atoms with E-state index in [1.807, 2.05) is 6.92 Å². The highest BCUT2D eigenvalue weighted by atomic mass is 16.5. The predicted octanol–water partition coefficient (Wildman–Crippen LogP) is 0.0142. The molecule has 0 saturated carbocycles. The fourth-order valence-electron chi connectivity index (χ4n) is 0.821. The normalized spacial score (nSPS) is 13.2. The molecule has 0 amide bonds. The van der Waals surface area contributed by atoms with Gasteiger partial charge in [-0.1, -0.05) is 12.1 Å². The quantitative estimate of drug-likeness (QED) is 0.666. The van der Waals surface area contributed by atoms with Crippen LogP contribution in [0.3, 0.4) is 0 Å². The van der Waals surface area contributed by atoms with Gasteiger partial charge < -0.3 is 15.4 Å². The van der Waals surface area contributed by atoms with Crippen LogP contribution < -0.4 is 5.73 Å². The molecular formula is C7H13N3O2. The summed E-state index contributed by atoms with van der Waals surface area (Å²) in [6.45, 7) is 1.86. The predicted molar refractivity (Wildman–Crippen MR) is 42.3 cm³/mol. The monoisotopic (exact) mass is 171 g/mol. The number of aromatic nitrogens is 2. The lowest BCUT2D eigenvalue weighted by Gasteiger charge is -1.98. The van der Waals surface area contributed by atoms with E-state index in [1.54, 1.807) is 0 Å². The molecule has 0 fully saturated rings. The minimum Gasteiger partial charge on any atom is -0.394 e. The average Bonchev–Trinajstić information content (AvgIpc) is 2.52. The zero-order valence-corrected chi connectivity index (χ0v) is 7.03. The molecule has 5 heteroatoms. The van der Waals surface area contributed by atoms with Gasteiger partial charge in [-0.25, -0.2) is 0 Å². The summed E-state index contributed by atoms with van der Waals surface area (Å²) in [5.41, 5.74) is 5.46. The standard InChI is InChI=1S/C7H13N3O2/c1-2-3-6-9-7(12-10-6)5(8)4-11/h5,11H,2-4,8H2,1H3/t5-/m1/s1. The van der Waals surface area contributed by atoms with Crippen molar-refractivity contribution in [2.24, 2.45) is 5.73 Å². The third kappa shape index (κ3) is 2.02. The Bertz CT molecular complexity index is 236. The molecule has 68 valence electrons. The molecule has 0 aliphatic rings. The fraction of sp³-hybridized carbons (Fsp3) is 0.714. The van der Waals surface area contributed by atoms with Gasteiger partial charge in [-0.2, -0.15) is 4.98 Å².